The fourth-order valence-corrected chi connectivity index (χ4v) is 1.54. The monoisotopic (exact) mass is 212 g/mol. The highest BCUT2D eigenvalue weighted by Crippen LogP contribution is 2.30. The summed E-state index contributed by atoms with van der Waals surface area (Å²) in [5.74, 6) is 0. The second-order valence-corrected chi connectivity index (χ2v) is 3.38. The number of aromatic nitrogens is 2. The predicted molar refractivity (Wildman–Crippen MR) is 54.0 cm³/mol. The van der Waals surface area contributed by atoms with Crippen molar-refractivity contribution in [1.29, 1.82) is 0 Å². The van der Waals surface area contributed by atoms with Gasteiger partial charge in [-0.25, -0.2) is 0 Å². The van der Waals surface area contributed by atoms with Gasteiger partial charge in [-0.2, -0.15) is 5.10 Å². The summed E-state index contributed by atoms with van der Waals surface area (Å²) in [5, 5.41) is 7.92. The minimum Gasteiger partial charge on any atom is -0.284 e. The van der Waals surface area contributed by atoms with E-state index in [9.17, 15) is 0 Å². The molecule has 2 aromatic rings. The fraction of sp³-hybridized carbons (Fsp3) is 0. The standard InChI is InChI=1S/C9H6Cl2N2/c10-7-4-2-1-3-6(7)9-8(11)5-12-13-9/h1-5H,(H,12,13). The van der Waals surface area contributed by atoms with E-state index < -0.39 is 0 Å². The normalized spacial score (nSPS) is 10.3. The maximum atomic E-state index is 5.98. The third-order valence-electron chi connectivity index (χ3n) is 1.72. The van der Waals surface area contributed by atoms with Crippen molar-refractivity contribution in [1.82, 2.24) is 10.2 Å². The molecule has 1 aromatic carbocycles. The van der Waals surface area contributed by atoms with Crippen molar-refractivity contribution in [2.24, 2.45) is 0 Å². The van der Waals surface area contributed by atoms with Gasteiger partial charge in [0.25, 0.3) is 0 Å². The van der Waals surface area contributed by atoms with Crippen molar-refractivity contribution in [3.8, 4) is 11.3 Å². The Kier molecular flexibility index (Phi) is 2.25. The lowest BCUT2D eigenvalue weighted by Gasteiger charge is -1.99. The summed E-state index contributed by atoms with van der Waals surface area (Å²) < 4.78 is 0. The number of nitrogens with one attached hydrogen (secondary N) is 1. The summed E-state index contributed by atoms with van der Waals surface area (Å²) in [6.07, 6.45) is 1.63. The molecule has 1 N–H and O–H groups in total. The Hall–Kier alpha value is -0.990. The van der Waals surface area contributed by atoms with E-state index in [4.69, 9.17) is 23.2 Å². The molecular weight excluding hydrogens is 207 g/mol. The molecule has 66 valence electrons. The third kappa shape index (κ3) is 1.55. The zero-order valence-corrected chi connectivity index (χ0v) is 8.10. The molecule has 0 radical (unpaired) electrons. The largest absolute Gasteiger partial charge is 0.284 e. The fourth-order valence-electron chi connectivity index (χ4n) is 1.12. The van der Waals surface area contributed by atoms with Crippen LogP contribution in [0.4, 0.5) is 0 Å². The molecule has 0 atom stereocenters. The summed E-state index contributed by atoms with van der Waals surface area (Å²) >= 11 is 11.9. The van der Waals surface area contributed by atoms with E-state index in [0.717, 1.165) is 5.56 Å². The number of hydrogen-bond acceptors (Lipinski definition) is 1. The lowest BCUT2D eigenvalue weighted by molar-refractivity contribution is 1.10. The van der Waals surface area contributed by atoms with Gasteiger partial charge in [0.15, 0.2) is 0 Å². The van der Waals surface area contributed by atoms with Crippen molar-refractivity contribution in [2.45, 2.75) is 0 Å². The first-order chi connectivity index (χ1) is 6.29. The van der Waals surface area contributed by atoms with Gasteiger partial charge in [0, 0.05) is 11.8 Å². The van der Waals surface area contributed by atoms with Crippen LogP contribution in [0.5, 0.6) is 0 Å². The van der Waals surface area contributed by atoms with Crippen LogP contribution in [0.2, 0.25) is 10.0 Å². The lowest BCUT2D eigenvalue weighted by Crippen LogP contribution is -1.79. The van der Waals surface area contributed by atoms with E-state index in [2.05, 4.69) is 10.2 Å². The van der Waals surface area contributed by atoms with Gasteiger partial charge in [0.2, 0.25) is 0 Å². The molecular formula is C9H6Cl2N2. The second kappa shape index (κ2) is 3.40. The Morgan fingerprint density at radius 1 is 1.08 bits per heavy atom. The van der Waals surface area contributed by atoms with Crippen LogP contribution < -0.4 is 0 Å². The summed E-state index contributed by atoms with van der Waals surface area (Å²) in [7, 11) is 0. The number of rotatable bonds is 1. The van der Waals surface area contributed by atoms with Gasteiger partial charge in [0.05, 0.1) is 10.0 Å². The van der Waals surface area contributed by atoms with E-state index >= 15 is 0 Å². The van der Waals surface area contributed by atoms with Crippen LogP contribution in [-0.4, -0.2) is 10.2 Å². The van der Waals surface area contributed by atoms with Crippen LogP contribution in [0.3, 0.4) is 0 Å². The number of halogens is 2. The summed E-state index contributed by atoms with van der Waals surface area (Å²) in [6.45, 7) is 0. The van der Waals surface area contributed by atoms with Gasteiger partial charge >= 0.3 is 0 Å². The summed E-state index contributed by atoms with van der Waals surface area (Å²) in [5.41, 5.74) is 1.53. The van der Waals surface area contributed by atoms with E-state index in [0.29, 0.717) is 15.7 Å². The SMILES string of the molecule is Clc1ccccc1-c1n[nH]cc1Cl. The van der Waals surface area contributed by atoms with Crippen molar-refractivity contribution in [3.63, 3.8) is 0 Å². The van der Waals surface area contributed by atoms with Crippen LogP contribution in [0.25, 0.3) is 11.3 Å². The van der Waals surface area contributed by atoms with E-state index in [1.54, 1.807) is 6.20 Å². The molecule has 0 aliphatic rings. The van der Waals surface area contributed by atoms with Gasteiger partial charge in [-0.15, -0.1) is 0 Å². The average Bonchev–Trinajstić information content (AvgIpc) is 2.52. The van der Waals surface area contributed by atoms with Crippen molar-refractivity contribution >= 4 is 23.2 Å². The highest BCUT2D eigenvalue weighted by molar-refractivity contribution is 6.36. The highest BCUT2D eigenvalue weighted by Gasteiger charge is 2.08. The first-order valence-corrected chi connectivity index (χ1v) is 4.49. The van der Waals surface area contributed by atoms with Gasteiger partial charge in [-0.3, -0.25) is 5.10 Å². The number of nitrogens with zero attached hydrogens (tertiary/aromatic N) is 1. The molecule has 0 bridgehead atoms. The molecule has 0 aliphatic carbocycles. The predicted octanol–water partition coefficient (Wildman–Crippen LogP) is 3.38. The molecule has 4 heteroatoms. The Balaban J connectivity index is 2.59. The quantitative estimate of drug-likeness (QED) is 0.772. The lowest BCUT2D eigenvalue weighted by atomic mass is 10.1. The van der Waals surface area contributed by atoms with Gasteiger partial charge < -0.3 is 0 Å². The van der Waals surface area contributed by atoms with E-state index in [-0.39, 0.29) is 0 Å². The molecule has 0 amide bonds. The number of benzene rings is 1. The zero-order valence-electron chi connectivity index (χ0n) is 6.59. The van der Waals surface area contributed by atoms with E-state index in [1.807, 2.05) is 24.3 Å². The maximum Gasteiger partial charge on any atom is 0.112 e. The average molecular weight is 213 g/mol. The summed E-state index contributed by atoms with van der Waals surface area (Å²) in [4.78, 5) is 0. The van der Waals surface area contributed by atoms with Crippen molar-refractivity contribution < 1.29 is 0 Å². The second-order valence-electron chi connectivity index (χ2n) is 2.56. The minimum absolute atomic E-state index is 0.577. The molecule has 0 spiro atoms. The molecule has 1 aromatic heterocycles. The van der Waals surface area contributed by atoms with Crippen LogP contribution in [0.1, 0.15) is 0 Å². The Morgan fingerprint density at radius 3 is 2.46 bits per heavy atom. The first-order valence-electron chi connectivity index (χ1n) is 3.73. The molecule has 0 fully saturated rings. The van der Waals surface area contributed by atoms with Crippen LogP contribution in [0, 0.1) is 0 Å². The molecule has 2 nitrogen and oxygen atoms in total. The van der Waals surface area contributed by atoms with Crippen LogP contribution in [-0.2, 0) is 0 Å². The maximum absolute atomic E-state index is 5.98. The van der Waals surface area contributed by atoms with Crippen LogP contribution >= 0.6 is 23.2 Å². The van der Waals surface area contributed by atoms with Crippen molar-refractivity contribution in [2.75, 3.05) is 0 Å². The Morgan fingerprint density at radius 2 is 1.85 bits per heavy atom. The number of hydrogen-bond donors (Lipinski definition) is 1. The number of aromatic amines is 1. The molecule has 0 unspecified atom stereocenters. The smallest absolute Gasteiger partial charge is 0.112 e. The zero-order chi connectivity index (χ0) is 9.26. The van der Waals surface area contributed by atoms with Crippen LogP contribution in [0.15, 0.2) is 30.5 Å². The van der Waals surface area contributed by atoms with Gasteiger partial charge in [0.1, 0.15) is 5.69 Å². The Bertz CT molecular complexity index is 423. The molecule has 2 rings (SSSR count). The summed E-state index contributed by atoms with van der Waals surface area (Å²) in [6, 6.07) is 7.45. The van der Waals surface area contributed by atoms with E-state index in [1.165, 1.54) is 0 Å². The Labute approximate surface area is 85.5 Å². The minimum atomic E-state index is 0.577. The number of H-pyrrole nitrogens is 1. The molecule has 0 aliphatic heterocycles. The van der Waals surface area contributed by atoms with Crippen molar-refractivity contribution in [3.05, 3.63) is 40.5 Å². The topological polar surface area (TPSA) is 28.7 Å². The van der Waals surface area contributed by atoms with Gasteiger partial charge in [-0.05, 0) is 6.07 Å². The van der Waals surface area contributed by atoms with Gasteiger partial charge in [-0.1, -0.05) is 41.4 Å². The molecule has 0 saturated heterocycles. The first kappa shape index (κ1) is 8.60. The molecule has 0 saturated carbocycles. The third-order valence-corrected chi connectivity index (χ3v) is 2.34. The molecule has 13 heavy (non-hydrogen) atoms. The molecule has 1 heterocycles. The highest BCUT2D eigenvalue weighted by atomic mass is 35.5.